The molecule has 0 aromatic rings. The summed E-state index contributed by atoms with van der Waals surface area (Å²) < 4.78 is 0. The molecule has 0 fully saturated rings. The van der Waals surface area contributed by atoms with Crippen LogP contribution in [-0.4, -0.2) is 62.2 Å². The van der Waals surface area contributed by atoms with Crippen molar-refractivity contribution in [3.8, 4) is 0 Å². The van der Waals surface area contributed by atoms with Crippen molar-refractivity contribution in [3.05, 3.63) is 0 Å². The van der Waals surface area contributed by atoms with Gasteiger partial charge in [-0.3, -0.25) is 14.4 Å². The van der Waals surface area contributed by atoms with Crippen LogP contribution in [0.15, 0.2) is 0 Å². The summed E-state index contributed by atoms with van der Waals surface area (Å²) in [4.78, 5) is 27.9. The molecule has 122 valence electrons. The van der Waals surface area contributed by atoms with E-state index in [0.717, 1.165) is 12.8 Å². The summed E-state index contributed by atoms with van der Waals surface area (Å²) in [6, 6.07) is 0. The minimum Gasteiger partial charge on any atom is -0.481 e. The summed E-state index contributed by atoms with van der Waals surface area (Å²) in [7, 11) is 0. The normalized spacial score (nSPS) is 7.65. The fourth-order valence-electron chi connectivity index (χ4n) is 0.158. The number of carboxylic acid groups (broad SMARTS) is 3. The third kappa shape index (κ3) is 85.3. The molecule has 0 aliphatic heterocycles. The van der Waals surface area contributed by atoms with Gasteiger partial charge in [-0.2, -0.15) is 37.9 Å². The average Bonchev–Trinajstić information content (AvgIpc) is 2.41. The molecule has 0 amide bonds. The largest absolute Gasteiger partial charge is 0.481 e. The Hall–Kier alpha value is -0.580. The highest BCUT2D eigenvalue weighted by Crippen LogP contribution is 1.78. The lowest BCUT2D eigenvalue weighted by atomic mass is 10.4. The number of hydrogen-bond donors (Lipinski definition) is 7. The van der Waals surface area contributed by atoms with Crippen LogP contribution in [0.4, 0.5) is 0 Å². The highest BCUT2D eigenvalue weighted by Gasteiger charge is 1.82. The predicted octanol–water partition coefficient (Wildman–Crippen LogP) is 0.781. The Bertz CT molecular complexity index is 202. The summed E-state index contributed by atoms with van der Waals surface area (Å²) in [5.74, 6) is -2.89. The molecule has 0 aliphatic rings. The first-order chi connectivity index (χ1) is 9.22. The van der Waals surface area contributed by atoms with Crippen LogP contribution >= 0.6 is 37.9 Å². The summed E-state index contributed by atoms with van der Waals surface area (Å²) in [6.07, 6.45) is 2.04. The quantitative estimate of drug-likeness (QED) is 0.365. The van der Waals surface area contributed by atoms with Crippen LogP contribution in [0.25, 0.3) is 0 Å². The molecule has 0 aliphatic carbocycles. The zero-order chi connectivity index (χ0) is 17.0. The van der Waals surface area contributed by atoms with Gasteiger partial charge in [0.05, 0.1) is 17.3 Å². The third-order valence-electron chi connectivity index (χ3n) is 0.917. The minimum absolute atomic E-state index is 0.0833. The van der Waals surface area contributed by atoms with Gasteiger partial charge in [0, 0.05) is 6.61 Å². The monoisotopic (exact) mass is 350 g/mol. The van der Waals surface area contributed by atoms with E-state index >= 15 is 0 Å². The average molecular weight is 350 g/mol. The number of thiol groups is 3. The molecular formula is C10H22O7S3. The van der Waals surface area contributed by atoms with Crippen molar-refractivity contribution >= 4 is 55.8 Å². The molecule has 0 spiro atoms. The number of hydrogen-bond acceptors (Lipinski definition) is 7. The second-order valence-corrected chi connectivity index (χ2v) is 3.68. The van der Waals surface area contributed by atoms with Crippen LogP contribution in [0.3, 0.4) is 0 Å². The first kappa shape index (κ1) is 27.7. The first-order valence-corrected chi connectivity index (χ1v) is 7.21. The van der Waals surface area contributed by atoms with Crippen molar-refractivity contribution in [1.29, 1.82) is 0 Å². The summed E-state index contributed by atoms with van der Waals surface area (Å²) in [6.45, 7) is 2.40. The maximum absolute atomic E-state index is 9.29. The highest BCUT2D eigenvalue weighted by atomic mass is 32.1. The van der Waals surface area contributed by atoms with Crippen molar-refractivity contribution in [1.82, 2.24) is 0 Å². The zero-order valence-electron chi connectivity index (χ0n) is 11.1. The second kappa shape index (κ2) is 26.9. The SMILES string of the molecule is CCCCO.O=C(O)CS.O=C(O)CS.O=C(O)CS. The van der Waals surface area contributed by atoms with E-state index in [-0.39, 0.29) is 17.3 Å². The van der Waals surface area contributed by atoms with Crippen LogP contribution in [0.5, 0.6) is 0 Å². The van der Waals surface area contributed by atoms with E-state index in [0.29, 0.717) is 6.61 Å². The predicted molar refractivity (Wildman–Crippen MR) is 86.5 cm³/mol. The van der Waals surface area contributed by atoms with Crippen LogP contribution in [0.2, 0.25) is 0 Å². The molecule has 20 heavy (non-hydrogen) atoms. The van der Waals surface area contributed by atoms with Gasteiger partial charge in [0.15, 0.2) is 0 Å². The minimum atomic E-state index is -0.881. The molecule has 0 rings (SSSR count). The van der Waals surface area contributed by atoms with E-state index in [1.807, 2.05) is 0 Å². The van der Waals surface area contributed by atoms with Crippen molar-refractivity contribution in [3.63, 3.8) is 0 Å². The number of aliphatic hydroxyl groups is 1. The Morgan fingerprint density at radius 3 is 1.00 bits per heavy atom. The van der Waals surface area contributed by atoms with Gasteiger partial charge in [0.1, 0.15) is 0 Å². The number of aliphatic carboxylic acids is 3. The van der Waals surface area contributed by atoms with Gasteiger partial charge in [-0.15, -0.1) is 0 Å². The van der Waals surface area contributed by atoms with Crippen molar-refractivity contribution < 1.29 is 34.8 Å². The lowest BCUT2D eigenvalue weighted by Crippen LogP contribution is -1.92. The van der Waals surface area contributed by atoms with E-state index < -0.39 is 17.9 Å². The molecule has 10 heteroatoms. The van der Waals surface area contributed by atoms with Gasteiger partial charge in [-0.1, -0.05) is 13.3 Å². The van der Waals surface area contributed by atoms with Crippen LogP contribution in [0.1, 0.15) is 19.8 Å². The van der Waals surface area contributed by atoms with E-state index in [4.69, 9.17) is 20.4 Å². The standard InChI is InChI=1S/C4H10O.3C2H4O2S/c1-2-3-4-5;3*3-2(4)1-5/h5H,2-4H2,1H3;3*5H,1H2,(H,3,4). The lowest BCUT2D eigenvalue weighted by molar-refractivity contribution is -0.134. The fourth-order valence-corrected chi connectivity index (χ4v) is 0.158. The van der Waals surface area contributed by atoms with E-state index in [2.05, 4.69) is 44.8 Å². The molecule has 0 saturated carbocycles. The number of carboxylic acids is 3. The molecular weight excluding hydrogens is 328 g/mol. The summed E-state index contributed by atoms with van der Waals surface area (Å²) in [5, 5.41) is 31.0. The molecule has 4 N–H and O–H groups in total. The fraction of sp³-hybridized carbons (Fsp3) is 0.700. The Morgan fingerprint density at radius 2 is 1.00 bits per heavy atom. The Morgan fingerprint density at radius 1 is 0.800 bits per heavy atom. The topological polar surface area (TPSA) is 132 Å². The van der Waals surface area contributed by atoms with Gasteiger partial charge in [0.25, 0.3) is 0 Å². The molecule has 0 heterocycles. The maximum Gasteiger partial charge on any atom is 0.313 e. The Kier molecular flexibility index (Phi) is 37.2. The smallest absolute Gasteiger partial charge is 0.313 e. The number of unbranched alkanes of at least 4 members (excludes halogenated alkanes) is 1. The molecule has 0 radical (unpaired) electrons. The molecule has 7 nitrogen and oxygen atoms in total. The summed E-state index contributed by atoms with van der Waals surface area (Å²) >= 11 is 10.2. The van der Waals surface area contributed by atoms with Gasteiger partial charge >= 0.3 is 17.9 Å². The summed E-state index contributed by atoms with van der Waals surface area (Å²) in [5.41, 5.74) is 0. The Balaban J connectivity index is -0.0000000853. The highest BCUT2D eigenvalue weighted by molar-refractivity contribution is 7.81. The second-order valence-electron chi connectivity index (χ2n) is 2.73. The van der Waals surface area contributed by atoms with E-state index in [1.54, 1.807) is 0 Å². The molecule has 0 atom stereocenters. The molecule has 0 unspecified atom stereocenters. The third-order valence-corrected chi connectivity index (χ3v) is 1.73. The first-order valence-electron chi connectivity index (χ1n) is 5.32. The van der Waals surface area contributed by atoms with Crippen molar-refractivity contribution in [2.24, 2.45) is 0 Å². The number of carbonyl (C=O) groups is 3. The van der Waals surface area contributed by atoms with Gasteiger partial charge in [-0.25, -0.2) is 0 Å². The number of aliphatic hydroxyl groups excluding tert-OH is 1. The molecule has 0 aromatic heterocycles. The molecule has 0 bridgehead atoms. The van der Waals surface area contributed by atoms with Crippen LogP contribution in [0, 0.1) is 0 Å². The lowest BCUT2D eigenvalue weighted by Gasteiger charge is -1.79. The van der Waals surface area contributed by atoms with E-state index in [1.165, 1.54) is 0 Å². The van der Waals surface area contributed by atoms with Gasteiger partial charge in [0.2, 0.25) is 0 Å². The van der Waals surface area contributed by atoms with Gasteiger partial charge < -0.3 is 20.4 Å². The van der Waals surface area contributed by atoms with E-state index in [9.17, 15) is 14.4 Å². The number of rotatable bonds is 5. The van der Waals surface area contributed by atoms with Crippen LogP contribution in [-0.2, 0) is 14.4 Å². The van der Waals surface area contributed by atoms with Crippen molar-refractivity contribution in [2.45, 2.75) is 19.8 Å². The molecule has 0 aromatic carbocycles. The maximum atomic E-state index is 9.29. The Labute approximate surface area is 134 Å². The zero-order valence-corrected chi connectivity index (χ0v) is 13.8. The molecule has 0 saturated heterocycles. The van der Waals surface area contributed by atoms with Gasteiger partial charge in [-0.05, 0) is 6.42 Å². The van der Waals surface area contributed by atoms with Crippen molar-refractivity contribution in [2.75, 3.05) is 23.9 Å². The van der Waals surface area contributed by atoms with Crippen LogP contribution < -0.4 is 0 Å².